The second kappa shape index (κ2) is 5.92. The van der Waals surface area contributed by atoms with Gasteiger partial charge in [-0.15, -0.1) is 11.3 Å². The largest absolute Gasteiger partial charge is 0.391 e. The highest BCUT2D eigenvalue weighted by atomic mass is 32.2. The van der Waals surface area contributed by atoms with Crippen molar-refractivity contribution in [3.8, 4) is 0 Å². The number of hydrogen-bond donors (Lipinski definition) is 2. The minimum Gasteiger partial charge on any atom is -0.391 e. The Morgan fingerprint density at radius 1 is 1.56 bits per heavy atom. The molecule has 1 fully saturated rings. The van der Waals surface area contributed by atoms with Gasteiger partial charge in [0.15, 0.2) is 0 Å². The Bertz CT molecular complexity index is 504. The Hall–Kier alpha value is -0.0800. The van der Waals surface area contributed by atoms with Crippen LogP contribution in [-0.2, 0) is 16.6 Å². The zero-order chi connectivity index (χ0) is 13.2. The van der Waals surface area contributed by atoms with Gasteiger partial charge in [0.25, 0.3) is 0 Å². The number of aryl methyl sites for hydroxylation is 1. The summed E-state index contributed by atoms with van der Waals surface area (Å²) in [6, 6.07) is 1.63. The molecule has 4 nitrogen and oxygen atoms in total. The first-order chi connectivity index (χ1) is 8.53. The summed E-state index contributed by atoms with van der Waals surface area (Å²) >= 11 is 2.97. The number of thioether (sulfide) groups is 1. The van der Waals surface area contributed by atoms with Crippen molar-refractivity contribution in [1.82, 2.24) is 4.72 Å². The molecule has 102 valence electrons. The van der Waals surface area contributed by atoms with E-state index in [9.17, 15) is 8.42 Å². The molecule has 0 bridgehead atoms. The summed E-state index contributed by atoms with van der Waals surface area (Å²) in [5.41, 5.74) is 0.832. The van der Waals surface area contributed by atoms with E-state index in [4.69, 9.17) is 5.11 Å². The summed E-state index contributed by atoms with van der Waals surface area (Å²) in [5, 5.41) is 9.49. The fraction of sp³-hybridized carbons (Fsp3) is 0.636. The van der Waals surface area contributed by atoms with Crippen molar-refractivity contribution in [2.45, 2.75) is 35.8 Å². The molecular formula is C11H17NO3S3. The van der Waals surface area contributed by atoms with E-state index in [1.54, 1.807) is 6.07 Å². The first kappa shape index (κ1) is 14.3. The third kappa shape index (κ3) is 3.27. The van der Waals surface area contributed by atoms with Crippen molar-refractivity contribution < 1.29 is 13.5 Å². The molecule has 2 N–H and O–H groups in total. The van der Waals surface area contributed by atoms with Crippen LogP contribution in [0.3, 0.4) is 0 Å². The maximum Gasteiger partial charge on any atom is 0.250 e. The molecule has 2 rings (SSSR count). The minimum absolute atomic E-state index is 0.107. The van der Waals surface area contributed by atoms with Crippen molar-refractivity contribution in [3.05, 3.63) is 16.5 Å². The van der Waals surface area contributed by atoms with Crippen molar-refractivity contribution in [2.75, 3.05) is 12.3 Å². The van der Waals surface area contributed by atoms with E-state index in [2.05, 4.69) is 4.72 Å². The number of thiophene rings is 1. The molecule has 0 amide bonds. The van der Waals surface area contributed by atoms with E-state index in [0.29, 0.717) is 20.9 Å². The van der Waals surface area contributed by atoms with Crippen molar-refractivity contribution in [1.29, 1.82) is 0 Å². The highest BCUT2D eigenvalue weighted by Crippen LogP contribution is 2.28. The zero-order valence-corrected chi connectivity index (χ0v) is 12.6. The van der Waals surface area contributed by atoms with Gasteiger partial charge >= 0.3 is 0 Å². The average Bonchev–Trinajstić information content (AvgIpc) is 2.95. The quantitative estimate of drug-likeness (QED) is 0.869. The van der Waals surface area contributed by atoms with E-state index in [1.807, 2.05) is 18.7 Å². The lowest BCUT2D eigenvalue weighted by atomic mass is 10.2. The van der Waals surface area contributed by atoms with Crippen LogP contribution in [0.1, 0.15) is 23.3 Å². The normalized spacial score (nSPS) is 20.4. The number of rotatable bonds is 5. The van der Waals surface area contributed by atoms with Gasteiger partial charge in [-0.05, 0) is 37.1 Å². The average molecular weight is 307 g/mol. The van der Waals surface area contributed by atoms with Gasteiger partial charge in [-0.1, -0.05) is 0 Å². The van der Waals surface area contributed by atoms with Crippen LogP contribution in [-0.4, -0.2) is 31.1 Å². The zero-order valence-electron chi connectivity index (χ0n) is 10.2. The van der Waals surface area contributed by atoms with Crippen molar-refractivity contribution >= 4 is 33.1 Å². The molecular weight excluding hydrogens is 290 g/mol. The minimum atomic E-state index is -3.42. The molecule has 0 radical (unpaired) electrons. The molecule has 0 spiro atoms. The number of aliphatic hydroxyl groups excluding tert-OH is 1. The van der Waals surface area contributed by atoms with Crippen molar-refractivity contribution in [3.63, 3.8) is 0 Å². The smallest absolute Gasteiger partial charge is 0.250 e. The molecule has 1 atom stereocenters. The molecule has 1 aliphatic heterocycles. The van der Waals surface area contributed by atoms with E-state index in [1.165, 1.54) is 6.42 Å². The lowest BCUT2D eigenvalue weighted by molar-refractivity contribution is 0.285. The highest BCUT2D eigenvalue weighted by Gasteiger charge is 2.22. The number of nitrogens with one attached hydrogen (secondary N) is 1. The van der Waals surface area contributed by atoms with Crippen LogP contribution in [0.5, 0.6) is 0 Å². The summed E-state index contributed by atoms with van der Waals surface area (Å²) in [7, 11) is -3.42. The van der Waals surface area contributed by atoms with Gasteiger partial charge in [-0.3, -0.25) is 0 Å². The molecule has 0 aliphatic carbocycles. The Kier molecular flexibility index (Phi) is 4.71. The summed E-state index contributed by atoms with van der Waals surface area (Å²) in [6.07, 6.45) is 2.25. The van der Waals surface area contributed by atoms with Crippen LogP contribution in [0.4, 0.5) is 0 Å². The summed E-state index contributed by atoms with van der Waals surface area (Å²) in [5.74, 6) is 1.12. The summed E-state index contributed by atoms with van der Waals surface area (Å²) < 4.78 is 27.1. The predicted octanol–water partition coefficient (Wildman–Crippen LogP) is 1.72. The Morgan fingerprint density at radius 3 is 2.89 bits per heavy atom. The van der Waals surface area contributed by atoms with E-state index in [-0.39, 0.29) is 6.61 Å². The molecule has 1 aromatic heterocycles. The lowest BCUT2D eigenvalue weighted by Crippen LogP contribution is -2.29. The van der Waals surface area contributed by atoms with E-state index >= 15 is 0 Å². The molecule has 1 unspecified atom stereocenters. The van der Waals surface area contributed by atoms with Crippen LogP contribution < -0.4 is 4.72 Å². The van der Waals surface area contributed by atoms with Crippen LogP contribution in [0.15, 0.2) is 10.3 Å². The molecule has 18 heavy (non-hydrogen) atoms. The molecule has 7 heteroatoms. The Balaban J connectivity index is 2.04. The van der Waals surface area contributed by atoms with Crippen molar-refractivity contribution in [2.24, 2.45) is 0 Å². The van der Waals surface area contributed by atoms with Crippen LogP contribution in [0, 0.1) is 6.92 Å². The van der Waals surface area contributed by atoms with Gasteiger partial charge in [-0.25, -0.2) is 13.1 Å². The third-order valence-electron chi connectivity index (χ3n) is 2.93. The fourth-order valence-corrected chi connectivity index (χ4v) is 5.74. The summed E-state index contributed by atoms with van der Waals surface area (Å²) in [6.45, 7) is 2.21. The van der Waals surface area contributed by atoms with Gasteiger partial charge in [0.2, 0.25) is 10.0 Å². The lowest BCUT2D eigenvalue weighted by Gasteiger charge is -2.09. The first-order valence-corrected chi connectivity index (χ1v) is 9.19. The van der Waals surface area contributed by atoms with Crippen LogP contribution in [0.2, 0.25) is 0 Å². The predicted molar refractivity (Wildman–Crippen MR) is 75.6 cm³/mol. The second-order valence-corrected chi connectivity index (χ2v) is 8.86. The van der Waals surface area contributed by atoms with Crippen LogP contribution in [0.25, 0.3) is 0 Å². The number of aliphatic hydroxyl groups is 1. The molecule has 0 saturated carbocycles. The fourth-order valence-electron chi connectivity index (χ4n) is 1.86. The Labute approximate surface area is 116 Å². The topological polar surface area (TPSA) is 66.4 Å². The van der Waals surface area contributed by atoms with Crippen LogP contribution >= 0.6 is 23.1 Å². The van der Waals surface area contributed by atoms with Gasteiger partial charge in [0.1, 0.15) is 4.21 Å². The maximum absolute atomic E-state index is 12.1. The van der Waals surface area contributed by atoms with Gasteiger partial charge < -0.3 is 5.11 Å². The number of hydrogen-bond acceptors (Lipinski definition) is 5. The molecule has 1 saturated heterocycles. The SMILES string of the molecule is Cc1cc(S(=O)(=O)NCC2CCCS2)sc1CO. The number of sulfonamides is 1. The molecule has 0 aromatic carbocycles. The monoisotopic (exact) mass is 307 g/mol. The standard InChI is InChI=1S/C11H17NO3S3/c1-8-5-11(17-10(8)7-13)18(14,15)12-6-9-3-2-4-16-9/h5,9,12-13H,2-4,6-7H2,1H3. The first-order valence-electron chi connectivity index (χ1n) is 5.84. The third-order valence-corrected chi connectivity index (χ3v) is 7.45. The van der Waals surface area contributed by atoms with Gasteiger partial charge in [0.05, 0.1) is 6.61 Å². The van der Waals surface area contributed by atoms with E-state index < -0.39 is 10.0 Å². The molecule has 2 heterocycles. The maximum atomic E-state index is 12.1. The Morgan fingerprint density at radius 2 is 2.33 bits per heavy atom. The summed E-state index contributed by atoms with van der Waals surface area (Å²) in [4.78, 5) is 0.714. The highest BCUT2D eigenvalue weighted by molar-refractivity contribution is 8.00. The molecule has 1 aliphatic rings. The second-order valence-electron chi connectivity index (χ2n) is 4.32. The van der Waals surface area contributed by atoms with Gasteiger partial charge in [0, 0.05) is 16.7 Å². The van der Waals surface area contributed by atoms with Gasteiger partial charge in [-0.2, -0.15) is 11.8 Å². The molecule has 1 aromatic rings. The van der Waals surface area contributed by atoms with E-state index in [0.717, 1.165) is 29.1 Å².